The number of nitrogens with zero attached hydrogens (tertiary/aromatic N) is 2. The van der Waals surface area contributed by atoms with Crippen molar-refractivity contribution < 1.29 is 22.7 Å². The lowest BCUT2D eigenvalue weighted by Gasteiger charge is -2.27. The second-order valence-corrected chi connectivity index (χ2v) is 8.18. The average Bonchev–Trinajstić information content (AvgIpc) is 3.22. The van der Waals surface area contributed by atoms with E-state index in [1.807, 2.05) is 43.5 Å². The predicted octanol–water partition coefficient (Wildman–Crippen LogP) is 6.80. The van der Waals surface area contributed by atoms with Gasteiger partial charge in [0.15, 0.2) is 0 Å². The Labute approximate surface area is 186 Å². The molecule has 0 atom stereocenters. The van der Waals surface area contributed by atoms with E-state index in [1.54, 1.807) is 11.1 Å². The molecule has 0 unspecified atom stereocenters. The van der Waals surface area contributed by atoms with Crippen LogP contribution in [-0.2, 0) is 6.54 Å². The van der Waals surface area contributed by atoms with Crippen LogP contribution in [0.3, 0.4) is 0 Å². The van der Waals surface area contributed by atoms with Gasteiger partial charge in [-0.2, -0.15) is 0 Å². The number of thiazole rings is 1. The second kappa shape index (κ2) is 9.57. The van der Waals surface area contributed by atoms with Crippen molar-refractivity contribution in [2.75, 3.05) is 5.32 Å². The third-order valence-electron chi connectivity index (χ3n) is 4.26. The van der Waals surface area contributed by atoms with Crippen LogP contribution in [0.2, 0.25) is 5.02 Å². The third-order valence-corrected chi connectivity index (χ3v) is 5.39. The maximum Gasteiger partial charge on any atom is 0.573 e. The number of amides is 2. The molecule has 1 N–H and O–H groups in total. The molecule has 0 aliphatic heterocycles. The lowest BCUT2D eigenvalue weighted by atomic mass is 10.1. The quantitative estimate of drug-likeness (QED) is 0.431. The van der Waals surface area contributed by atoms with Gasteiger partial charge in [0.05, 0.1) is 10.7 Å². The SMILES string of the molecule is CC(C)N(Cc1cccc(-c2nccs2)c1)C(=O)Nc1ccc(OC(F)(F)F)cc1Cl. The first-order chi connectivity index (χ1) is 14.6. The van der Waals surface area contributed by atoms with E-state index in [2.05, 4.69) is 15.0 Å². The van der Waals surface area contributed by atoms with Crippen LogP contribution in [0.5, 0.6) is 5.75 Å². The number of carbonyl (C=O) groups excluding carboxylic acids is 1. The van der Waals surface area contributed by atoms with Gasteiger partial charge in [-0.25, -0.2) is 9.78 Å². The van der Waals surface area contributed by atoms with Gasteiger partial charge in [-0.15, -0.1) is 24.5 Å². The van der Waals surface area contributed by atoms with E-state index in [0.717, 1.165) is 28.3 Å². The number of nitrogens with one attached hydrogen (secondary N) is 1. The fourth-order valence-electron chi connectivity index (χ4n) is 2.84. The Morgan fingerprint density at radius 2 is 2.03 bits per heavy atom. The number of carbonyl (C=O) groups is 1. The van der Waals surface area contributed by atoms with Gasteiger partial charge in [-0.3, -0.25) is 0 Å². The maximum absolute atomic E-state index is 12.9. The average molecular weight is 470 g/mol. The summed E-state index contributed by atoms with van der Waals surface area (Å²) in [4.78, 5) is 18.8. The Morgan fingerprint density at radius 1 is 1.26 bits per heavy atom. The summed E-state index contributed by atoms with van der Waals surface area (Å²) in [5, 5.41) is 5.36. The Balaban J connectivity index is 1.74. The van der Waals surface area contributed by atoms with E-state index in [1.165, 1.54) is 17.4 Å². The highest BCUT2D eigenvalue weighted by Crippen LogP contribution is 2.31. The highest BCUT2D eigenvalue weighted by Gasteiger charge is 2.31. The first kappa shape index (κ1) is 22.9. The molecule has 10 heteroatoms. The molecule has 0 aliphatic carbocycles. The molecule has 0 aliphatic rings. The molecule has 164 valence electrons. The predicted molar refractivity (Wildman–Crippen MR) is 115 cm³/mol. The molecule has 0 radical (unpaired) electrons. The molecule has 0 bridgehead atoms. The number of hydrogen-bond acceptors (Lipinski definition) is 4. The second-order valence-electron chi connectivity index (χ2n) is 6.88. The van der Waals surface area contributed by atoms with Crippen LogP contribution in [0.1, 0.15) is 19.4 Å². The zero-order chi connectivity index (χ0) is 22.6. The number of urea groups is 1. The van der Waals surface area contributed by atoms with E-state index < -0.39 is 18.1 Å². The zero-order valence-corrected chi connectivity index (χ0v) is 18.2. The highest BCUT2D eigenvalue weighted by atomic mass is 35.5. The van der Waals surface area contributed by atoms with Gasteiger partial charge in [-0.05, 0) is 37.6 Å². The summed E-state index contributed by atoms with van der Waals surface area (Å²) < 4.78 is 40.9. The topological polar surface area (TPSA) is 54.5 Å². The number of aromatic nitrogens is 1. The zero-order valence-electron chi connectivity index (χ0n) is 16.6. The minimum absolute atomic E-state index is 0.0652. The van der Waals surface area contributed by atoms with Gasteiger partial charge in [0.25, 0.3) is 0 Å². The van der Waals surface area contributed by atoms with Crippen LogP contribution in [0.15, 0.2) is 54.0 Å². The van der Waals surface area contributed by atoms with Crippen molar-refractivity contribution in [2.24, 2.45) is 0 Å². The summed E-state index contributed by atoms with van der Waals surface area (Å²) in [6.07, 6.45) is -3.09. The van der Waals surface area contributed by atoms with E-state index >= 15 is 0 Å². The molecule has 2 aromatic carbocycles. The molecule has 1 aromatic heterocycles. The van der Waals surface area contributed by atoms with Crippen molar-refractivity contribution in [3.8, 4) is 16.3 Å². The van der Waals surface area contributed by atoms with Crippen LogP contribution in [0.25, 0.3) is 10.6 Å². The molecule has 0 fully saturated rings. The minimum atomic E-state index is -4.82. The summed E-state index contributed by atoms with van der Waals surface area (Å²) in [5.74, 6) is -0.463. The smallest absolute Gasteiger partial charge is 0.406 e. The maximum atomic E-state index is 12.9. The minimum Gasteiger partial charge on any atom is -0.406 e. The van der Waals surface area contributed by atoms with Gasteiger partial charge in [0, 0.05) is 35.8 Å². The first-order valence-corrected chi connectivity index (χ1v) is 10.5. The summed E-state index contributed by atoms with van der Waals surface area (Å²) in [6.45, 7) is 4.06. The van der Waals surface area contributed by atoms with Crippen LogP contribution in [0.4, 0.5) is 23.7 Å². The number of benzene rings is 2. The summed E-state index contributed by atoms with van der Waals surface area (Å²) in [5.41, 5.74) is 2.06. The van der Waals surface area contributed by atoms with Crippen LogP contribution in [0, 0.1) is 0 Å². The normalized spacial score (nSPS) is 11.5. The number of alkyl halides is 3. The fraction of sp³-hybridized carbons (Fsp3) is 0.238. The van der Waals surface area contributed by atoms with Gasteiger partial charge >= 0.3 is 12.4 Å². The number of hydrogen-bond donors (Lipinski definition) is 1. The monoisotopic (exact) mass is 469 g/mol. The summed E-state index contributed by atoms with van der Waals surface area (Å²) in [6, 6.07) is 10.5. The molecule has 5 nitrogen and oxygen atoms in total. The first-order valence-electron chi connectivity index (χ1n) is 9.24. The molecular weight excluding hydrogens is 451 g/mol. The fourth-order valence-corrected chi connectivity index (χ4v) is 3.69. The standard InChI is InChI=1S/C21H19ClF3N3O2S/c1-13(2)28(12-14-4-3-5-15(10-14)19-26-8-9-31-19)20(29)27-18-7-6-16(11-17(18)22)30-21(23,24)25/h3-11,13H,12H2,1-2H3,(H,27,29). The van der Waals surface area contributed by atoms with Crippen molar-refractivity contribution in [1.29, 1.82) is 0 Å². The highest BCUT2D eigenvalue weighted by molar-refractivity contribution is 7.13. The lowest BCUT2D eigenvalue weighted by Crippen LogP contribution is -2.39. The third kappa shape index (κ3) is 6.35. The van der Waals surface area contributed by atoms with Gasteiger partial charge < -0.3 is 15.0 Å². The number of halogens is 4. The van der Waals surface area contributed by atoms with Gasteiger partial charge in [-0.1, -0.05) is 29.8 Å². The Morgan fingerprint density at radius 3 is 2.65 bits per heavy atom. The molecule has 0 saturated carbocycles. The lowest BCUT2D eigenvalue weighted by molar-refractivity contribution is -0.274. The Hall–Kier alpha value is -2.78. The van der Waals surface area contributed by atoms with Crippen molar-refractivity contribution in [1.82, 2.24) is 9.88 Å². The largest absolute Gasteiger partial charge is 0.573 e. The van der Waals surface area contributed by atoms with E-state index in [4.69, 9.17) is 11.6 Å². The Bertz CT molecular complexity index is 1040. The summed E-state index contributed by atoms with van der Waals surface area (Å²) >= 11 is 7.56. The van der Waals surface area contributed by atoms with Crippen LogP contribution < -0.4 is 10.1 Å². The van der Waals surface area contributed by atoms with Crippen molar-refractivity contribution in [3.63, 3.8) is 0 Å². The molecule has 3 aromatic rings. The van der Waals surface area contributed by atoms with Crippen molar-refractivity contribution in [3.05, 3.63) is 64.6 Å². The van der Waals surface area contributed by atoms with Crippen molar-refractivity contribution in [2.45, 2.75) is 32.8 Å². The number of rotatable bonds is 6. The Kier molecular flexibility index (Phi) is 7.07. The molecule has 31 heavy (non-hydrogen) atoms. The molecule has 3 rings (SSSR count). The molecule has 0 saturated heterocycles. The molecule has 1 heterocycles. The summed E-state index contributed by atoms with van der Waals surface area (Å²) in [7, 11) is 0. The van der Waals surface area contributed by atoms with Crippen LogP contribution >= 0.6 is 22.9 Å². The van der Waals surface area contributed by atoms with E-state index in [-0.39, 0.29) is 16.8 Å². The van der Waals surface area contributed by atoms with Gasteiger partial charge in [0.2, 0.25) is 0 Å². The van der Waals surface area contributed by atoms with E-state index in [9.17, 15) is 18.0 Å². The molecular formula is C21H19ClF3N3O2S. The molecule has 2 amide bonds. The van der Waals surface area contributed by atoms with Crippen LogP contribution in [-0.4, -0.2) is 28.3 Å². The molecule has 0 spiro atoms. The van der Waals surface area contributed by atoms with Crippen molar-refractivity contribution >= 4 is 34.7 Å². The number of anilines is 1. The number of ether oxygens (including phenoxy) is 1. The van der Waals surface area contributed by atoms with E-state index in [0.29, 0.717) is 6.54 Å². The van der Waals surface area contributed by atoms with Gasteiger partial charge in [0.1, 0.15) is 10.8 Å².